The molecule has 2 amide bonds. The van der Waals surface area contributed by atoms with Crippen LogP contribution in [0.4, 0.5) is 11.4 Å². The van der Waals surface area contributed by atoms with Crippen LogP contribution in [0.1, 0.15) is 13.8 Å². The predicted molar refractivity (Wildman–Crippen MR) is 102 cm³/mol. The highest BCUT2D eigenvalue weighted by molar-refractivity contribution is 6.36. The van der Waals surface area contributed by atoms with E-state index in [2.05, 4.69) is 0 Å². The normalized spacial score (nSPS) is 28.3. The van der Waals surface area contributed by atoms with Gasteiger partial charge in [-0.15, -0.1) is 0 Å². The van der Waals surface area contributed by atoms with Crippen molar-refractivity contribution >= 4 is 46.7 Å². The van der Waals surface area contributed by atoms with Crippen molar-refractivity contribution in [3.63, 3.8) is 0 Å². The summed E-state index contributed by atoms with van der Waals surface area (Å²) in [7, 11) is 0. The average molecular weight is 451 g/mol. The summed E-state index contributed by atoms with van der Waals surface area (Å²) >= 11 is 6.14. The average Bonchev–Trinajstić information content (AvgIpc) is 3.32. The number of anilines is 1. The summed E-state index contributed by atoms with van der Waals surface area (Å²) in [4.78, 5) is 61.0. The van der Waals surface area contributed by atoms with E-state index < -0.39 is 58.5 Å². The Bertz CT molecular complexity index is 1050. The number of nitro groups is 1. The van der Waals surface area contributed by atoms with E-state index in [4.69, 9.17) is 25.8 Å². The summed E-state index contributed by atoms with van der Waals surface area (Å²) < 4.78 is 16.1. The van der Waals surface area contributed by atoms with Crippen molar-refractivity contribution in [2.45, 2.75) is 31.8 Å². The van der Waals surface area contributed by atoms with Gasteiger partial charge in [-0.25, -0.2) is 4.90 Å². The molecule has 1 aromatic rings. The minimum atomic E-state index is -1.72. The third-order valence-corrected chi connectivity index (χ3v) is 5.69. The minimum Gasteiger partial charge on any atom is -0.422 e. The van der Waals surface area contributed by atoms with Gasteiger partial charge in [0.15, 0.2) is 5.60 Å². The number of ether oxygens (including phenoxy) is 3. The fraction of sp³-hybridized carbons (Fsp3) is 0.368. The van der Waals surface area contributed by atoms with Crippen molar-refractivity contribution in [3.05, 3.63) is 45.5 Å². The van der Waals surface area contributed by atoms with Crippen LogP contribution in [-0.4, -0.2) is 46.7 Å². The SMILES string of the molecule is CC(=O)OC(OC(C)=O)[C@@]12C=C[C@H](O1)[C@H]1C(=O)N(c3cc([N+](=O)[O-])ccc3Cl)C(=O)[C@@H]12. The number of imide groups is 1. The molecule has 0 aliphatic carbocycles. The van der Waals surface area contributed by atoms with Gasteiger partial charge in [0.05, 0.1) is 33.6 Å². The summed E-state index contributed by atoms with van der Waals surface area (Å²) in [6.07, 6.45) is 0.484. The molecule has 0 N–H and O–H groups in total. The number of halogens is 1. The van der Waals surface area contributed by atoms with Gasteiger partial charge in [-0.3, -0.25) is 29.3 Å². The Balaban J connectivity index is 1.78. The zero-order chi connectivity index (χ0) is 22.7. The molecule has 2 fully saturated rings. The second-order valence-electron chi connectivity index (χ2n) is 7.25. The molecule has 31 heavy (non-hydrogen) atoms. The van der Waals surface area contributed by atoms with Gasteiger partial charge < -0.3 is 14.2 Å². The van der Waals surface area contributed by atoms with Crippen molar-refractivity contribution in [1.29, 1.82) is 0 Å². The maximum absolute atomic E-state index is 13.4. The molecule has 0 radical (unpaired) electrons. The summed E-state index contributed by atoms with van der Waals surface area (Å²) in [6, 6.07) is 3.38. The van der Waals surface area contributed by atoms with Gasteiger partial charge in [-0.2, -0.15) is 0 Å². The number of carbonyl (C=O) groups is 4. The lowest BCUT2D eigenvalue weighted by Crippen LogP contribution is -2.52. The number of hydrogen-bond acceptors (Lipinski definition) is 9. The largest absolute Gasteiger partial charge is 0.422 e. The molecule has 3 aliphatic heterocycles. The van der Waals surface area contributed by atoms with Gasteiger partial charge in [-0.05, 0) is 12.1 Å². The summed E-state index contributed by atoms with van der Waals surface area (Å²) in [5.74, 6) is -5.25. The molecule has 4 atom stereocenters. The molecular weight excluding hydrogens is 436 g/mol. The number of non-ortho nitro benzene ring substituents is 1. The van der Waals surface area contributed by atoms with E-state index in [0.29, 0.717) is 0 Å². The van der Waals surface area contributed by atoms with Crippen LogP contribution in [0.5, 0.6) is 0 Å². The van der Waals surface area contributed by atoms with Gasteiger partial charge in [0, 0.05) is 26.0 Å². The van der Waals surface area contributed by atoms with E-state index in [1.54, 1.807) is 0 Å². The Morgan fingerprint density at radius 3 is 2.45 bits per heavy atom. The molecule has 0 saturated carbocycles. The number of rotatable bonds is 5. The van der Waals surface area contributed by atoms with Crippen molar-refractivity contribution < 1.29 is 38.3 Å². The first kappa shape index (κ1) is 20.9. The lowest BCUT2D eigenvalue weighted by molar-refractivity contribution is -0.384. The molecule has 2 saturated heterocycles. The summed E-state index contributed by atoms with van der Waals surface area (Å²) in [6.45, 7) is 2.18. The Morgan fingerprint density at radius 1 is 1.23 bits per heavy atom. The zero-order valence-electron chi connectivity index (χ0n) is 16.1. The molecule has 12 heteroatoms. The quantitative estimate of drug-likeness (QED) is 0.163. The minimum absolute atomic E-state index is 0.0425. The number of nitro benzene ring substituents is 1. The van der Waals surface area contributed by atoms with Gasteiger partial charge in [0.25, 0.3) is 12.0 Å². The number of hydrogen-bond donors (Lipinski definition) is 0. The van der Waals surface area contributed by atoms with Gasteiger partial charge in [-0.1, -0.05) is 17.7 Å². The Hall–Kier alpha value is -3.31. The molecule has 2 bridgehead atoms. The number of carbonyl (C=O) groups excluding carboxylic acids is 4. The summed E-state index contributed by atoms with van der Waals surface area (Å²) in [5.41, 5.74) is -2.23. The van der Waals surface area contributed by atoms with Crippen molar-refractivity contribution in [2.24, 2.45) is 11.8 Å². The van der Waals surface area contributed by atoms with Crippen molar-refractivity contribution in [2.75, 3.05) is 4.90 Å². The maximum atomic E-state index is 13.4. The first-order chi connectivity index (χ1) is 14.6. The zero-order valence-corrected chi connectivity index (χ0v) is 16.9. The first-order valence-corrected chi connectivity index (χ1v) is 9.48. The van der Waals surface area contributed by atoms with E-state index in [-0.39, 0.29) is 16.4 Å². The van der Waals surface area contributed by atoms with Crippen LogP contribution in [0.15, 0.2) is 30.4 Å². The maximum Gasteiger partial charge on any atom is 0.305 e. The highest BCUT2D eigenvalue weighted by Gasteiger charge is 2.72. The van der Waals surface area contributed by atoms with Crippen LogP contribution in [0, 0.1) is 22.0 Å². The number of fused-ring (bicyclic) bond motifs is 5. The summed E-state index contributed by atoms with van der Waals surface area (Å²) in [5, 5.41) is 11.1. The number of nitrogens with zero attached hydrogens (tertiary/aromatic N) is 2. The molecule has 4 rings (SSSR count). The van der Waals surface area contributed by atoms with Crippen LogP contribution in [0.2, 0.25) is 5.02 Å². The topological polar surface area (TPSA) is 142 Å². The van der Waals surface area contributed by atoms with Gasteiger partial charge in [0.1, 0.15) is 0 Å². The smallest absolute Gasteiger partial charge is 0.305 e. The Kier molecular flexibility index (Phi) is 4.82. The van der Waals surface area contributed by atoms with Crippen molar-refractivity contribution in [3.8, 4) is 0 Å². The van der Waals surface area contributed by atoms with E-state index in [9.17, 15) is 29.3 Å². The van der Waals surface area contributed by atoms with E-state index >= 15 is 0 Å². The molecule has 0 aromatic heterocycles. The molecule has 162 valence electrons. The van der Waals surface area contributed by atoms with Crippen molar-refractivity contribution in [1.82, 2.24) is 0 Å². The van der Waals surface area contributed by atoms with Gasteiger partial charge in [0.2, 0.25) is 11.8 Å². The molecular formula is C19H15ClN2O9. The van der Waals surface area contributed by atoms with Crippen LogP contribution in [0.25, 0.3) is 0 Å². The van der Waals surface area contributed by atoms with E-state index in [1.165, 1.54) is 18.2 Å². The highest BCUT2D eigenvalue weighted by Crippen LogP contribution is 2.55. The molecule has 0 unspecified atom stereocenters. The molecule has 3 heterocycles. The van der Waals surface area contributed by atoms with Gasteiger partial charge >= 0.3 is 11.9 Å². The Morgan fingerprint density at radius 2 is 1.87 bits per heavy atom. The van der Waals surface area contributed by atoms with Crippen LogP contribution < -0.4 is 4.90 Å². The monoisotopic (exact) mass is 450 g/mol. The molecule has 0 spiro atoms. The number of amides is 2. The number of benzene rings is 1. The van der Waals surface area contributed by atoms with Crippen LogP contribution >= 0.6 is 11.6 Å². The third kappa shape index (κ3) is 3.08. The highest BCUT2D eigenvalue weighted by atomic mass is 35.5. The standard InChI is InChI=1S/C19H15ClN2O9/c1-8(23)29-18(30-9(2)24)19-6-5-13(31-19)14-15(19)17(26)21(16(14)25)12-7-10(22(27)28)3-4-11(12)20/h3-7,13-15,18H,1-2H3/t13-,14+,15+,19-/m0/s1. The molecule has 3 aliphatic rings. The van der Waals surface area contributed by atoms with E-state index in [1.807, 2.05) is 0 Å². The fourth-order valence-electron chi connectivity index (χ4n) is 4.24. The Labute approximate surface area is 179 Å². The van der Waals surface area contributed by atoms with E-state index in [0.717, 1.165) is 30.9 Å². The lowest BCUT2D eigenvalue weighted by Gasteiger charge is -2.34. The molecule has 1 aromatic carbocycles. The second kappa shape index (κ2) is 7.13. The number of esters is 2. The second-order valence-corrected chi connectivity index (χ2v) is 7.66. The predicted octanol–water partition coefficient (Wildman–Crippen LogP) is 1.51. The van der Waals surface area contributed by atoms with Crippen LogP contribution in [-0.2, 0) is 33.4 Å². The van der Waals surface area contributed by atoms with Crippen LogP contribution in [0.3, 0.4) is 0 Å². The fourth-order valence-corrected chi connectivity index (χ4v) is 4.44. The third-order valence-electron chi connectivity index (χ3n) is 5.37. The lowest BCUT2D eigenvalue weighted by atomic mass is 9.76. The first-order valence-electron chi connectivity index (χ1n) is 9.10. The molecule has 11 nitrogen and oxygen atoms in total.